The molecule has 1 aliphatic rings. The Labute approximate surface area is 161 Å². The number of rotatable bonds is 16. The van der Waals surface area contributed by atoms with Crippen LogP contribution in [-0.4, -0.2) is 25.5 Å². The standard InChI is InChI=1S/C22H42NO3/c1-2-3-4-5-6-7-8-9-10-11-12-13-14-17-20-25-22(24)26-21-18-15-16-19-23-21/h21H,2-20H2,1H3. The van der Waals surface area contributed by atoms with E-state index in [0.717, 1.165) is 38.6 Å². The molecule has 1 fully saturated rings. The molecule has 0 bridgehead atoms. The molecule has 0 aromatic rings. The minimum Gasteiger partial charge on any atom is -0.434 e. The molecule has 153 valence electrons. The van der Waals surface area contributed by atoms with Gasteiger partial charge >= 0.3 is 6.16 Å². The Hall–Kier alpha value is -0.770. The number of unbranched alkanes of at least 4 members (excludes halogenated alkanes) is 13. The fraction of sp³-hybridized carbons (Fsp3) is 0.955. The molecule has 1 aliphatic heterocycles. The van der Waals surface area contributed by atoms with Crippen molar-refractivity contribution in [1.29, 1.82) is 0 Å². The van der Waals surface area contributed by atoms with Crippen LogP contribution in [0.1, 0.15) is 116 Å². The minimum atomic E-state index is -0.546. The van der Waals surface area contributed by atoms with Gasteiger partial charge in [0.15, 0.2) is 6.23 Å². The maximum Gasteiger partial charge on any atom is 0.509 e. The summed E-state index contributed by atoms with van der Waals surface area (Å²) in [5.41, 5.74) is 0. The quantitative estimate of drug-likeness (QED) is 0.224. The van der Waals surface area contributed by atoms with E-state index >= 15 is 0 Å². The summed E-state index contributed by atoms with van der Waals surface area (Å²) >= 11 is 0. The van der Waals surface area contributed by atoms with E-state index in [1.54, 1.807) is 0 Å². The third-order valence-corrected chi connectivity index (χ3v) is 5.14. The van der Waals surface area contributed by atoms with Crippen LogP contribution < -0.4 is 5.32 Å². The molecule has 0 aliphatic carbocycles. The predicted octanol–water partition coefficient (Wildman–Crippen LogP) is 6.74. The van der Waals surface area contributed by atoms with Crippen LogP contribution in [0.2, 0.25) is 0 Å². The Balaban J connectivity index is 1.73. The third kappa shape index (κ3) is 14.4. The van der Waals surface area contributed by atoms with Gasteiger partial charge in [0.1, 0.15) is 0 Å². The summed E-state index contributed by atoms with van der Waals surface area (Å²) in [4.78, 5) is 11.5. The number of carbonyl (C=O) groups excluding carboxylic acids is 1. The van der Waals surface area contributed by atoms with Crippen molar-refractivity contribution < 1.29 is 14.3 Å². The Kier molecular flexibility index (Phi) is 15.8. The van der Waals surface area contributed by atoms with Crippen molar-refractivity contribution in [2.75, 3.05) is 13.2 Å². The summed E-state index contributed by atoms with van der Waals surface area (Å²) in [5, 5.41) is 4.27. The third-order valence-electron chi connectivity index (χ3n) is 5.14. The number of hydrogen-bond donors (Lipinski definition) is 0. The highest BCUT2D eigenvalue weighted by Gasteiger charge is 2.18. The topological polar surface area (TPSA) is 49.6 Å². The summed E-state index contributed by atoms with van der Waals surface area (Å²) < 4.78 is 10.3. The Morgan fingerprint density at radius 1 is 0.808 bits per heavy atom. The highest BCUT2D eigenvalue weighted by atomic mass is 16.7. The van der Waals surface area contributed by atoms with E-state index in [4.69, 9.17) is 9.47 Å². The van der Waals surface area contributed by atoms with Gasteiger partial charge in [-0.25, -0.2) is 10.1 Å². The van der Waals surface area contributed by atoms with Crippen LogP contribution >= 0.6 is 0 Å². The van der Waals surface area contributed by atoms with Crippen LogP contribution in [0.5, 0.6) is 0 Å². The molecule has 0 spiro atoms. The average molecular weight is 369 g/mol. The SMILES string of the molecule is CCCCCCCCCCCCCCCCOC(=O)OC1CCCC[N]1. The molecular formula is C22H42NO3. The van der Waals surface area contributed by atoms with E-state index in [1.165, 1.54) is 77.0 Å². The summed E-state index contributed by atoms with van der Waals surface area (Å²) in [6.07, 6.45) is 20.8. The van der Waals surface area contributed by atoms with Gasteiger partial charge in [0.05, 0.1) is 6.61 Å². The fourth-order valence-corrected chi connectivity index (χ4v) is 3.45. The Morgan fingerprint density at radius 3 is 1.85 bits per heavy atom. The van der Waals surface area contributed by atoms with E-state index in [9.17, 15) is 4.79 Å². The Morgan fingerprint density at radius 2 is 1.35 bits per heavy atom. The number of piperidine rings is 1. The molecule has 1 rings (SSSR count). The lowest BCUT2D eigenvalue weighted by atomic mass is 10.0. The largest absolute Gasteiger partial charge is 0.509 e. The second-order valence-corrected chi connectivity index (χ2v) is 7.67. The fourth-order valence-electron chi connectivity index (χ4n) is 3.45. The summed E-state index contributed by atoms with van der Waals surface area (Å²) in [5.74, 6) is 0. The molecule has 1 radical (unpaired) electrons. The first kappa shape index (κ1) is 23.3. The first-order valence-corrected chi connectivity index (χ1v) is 11.3. The predicted molar refractivity (Wildman–Crippen MR) is 107 cm³/mol. The Bertz CT molecular complexity index is 317. The van der Waals surface area contributed by atoms with Gasteiger partial charge in [-0.3, -0.25) is 0 Å². The molecule has 0 amide bonds. The molecule has 26 heavy (non-hydrogen) atoms. The van der Waals surface area contributed by atoms with Crippen molar-refractivity contribution >= 4 is 6.16 Å². The molecular weight excluding hydrogens is 326 g/mol. The smallest absolute Gasteiger partial charge is 0.434 e. The first-order valence-electron chi connectivity index (χ1n) is 11.3. The van der Waals surface area contributed by atoms with Gasteiger partial charge in [-0.1, -0.05) is 90.4 Å². The monoisotopic (exact) mass is 368 g/mol. The zero-order chi connectivity index (χ0) is 18.7. The van der Waals surface area contributed by atoms with Gasteiger partial charge < -0.3 is 9.47 Å². The average Bonchev–Trinajstić information content (AvgIpc) is 2.65. The number of ether oxygens (including phenoxy) is 2. The molecule has 1 atom stereocenters. The van der Waals surface area contributed by atoms with Gasteiger partial charge in [-0.2, -0.15) is 0 Å². The number of hydrogen-bond acceptors (Lipinski definition) is 3. The van der Waals surface area contributed by atoms with Crippen LogP contribution in [-0.2, 0) is 9.47 Å². The minimum absolute atomic E-state index is 0.271. The second-order valence-electron chi connectivity index (χ2n) is 7.67. The lowest BCUT2D eigenvalue weighted by Gasteiger charge is -2.21. The maximum absolute atomic E-state index is 11.5. The van der Waals surface area contributed by atoms with Crippen molar-refractivity contribution in [3.63, 3.8) is 0 Å². The molecule has 1 saturated heterocycles. The molecule has 1 heterocycles. The molecule has 0 aromatic carbocycles. The van der Waals surface area contributed by atoms with Crippen molar-refractivity contribution in [1.82, 2.24) is 5.32 Å². The lowest BCUT2D eigenvalue weighted by Crippen LogP contribution is -2.32. The van der Waals surface area contributed by atoms with Gasteiger partial charge in [0, 0.05) is 6.54 Å². The summed E-state index contributed by atoms with van der Waals surface area (Å²) in [7, 11) is 0. The lowest BCUT2D eigenvalue weighted by molar-refractivity contribution is -0.0000411. The van der Waals surface area contributed by atoms with E-state index in [2.05, 4.69) is 12.2 Å². The van der Waals surface area contributed by atoms with Crippen molar-refractivity contribution in [3.05, 3.63) is 0 Å². The van der Waals surface area contributed by atoms with Crippen LogP contribution in [0.15, 0.2) is 0 Å². The maximum atomic E-state index is 11.5. The second kappa shape index (κ2) is 17.6. The van der Waals surface area contributed by atoms with E-state index in [-0.39, 0.29) is 6.23 Å². The number of nitrogens with zero attached hydrogens (tertiary/aromatic N) is 1. The summed E-state index contributed by atoms with van der Waals surface area (Å²) in [6.45, 7) is 3.55. The first-order chi connectivity index (χ1) is 12.8. The van der Waals surface area contributed by atoms with Crippen LogP contribution in [0, 0.1) is 0 Å². The normalized spacial score (nSPS) is 17.2. The van der Waals surface area contributed by atoms with E-state index in [1.807, 2.05) is 0 Å². The zero-order valence-corrected chi connectivity index (χ0v) is 17.2. The van der Waals surface area contributed by atoms with Crippen LogP contribution in [0.25, 0.3) is 0 Å². The molecule has 4 heteroatoms. The van der Waals surface area contributed by atoms with Crippen molar-refractivity contribution in [2.24, 2.45) is 0 Å². The van der Waals surface area contributed by atoms with Crippen molar-refractivity contribution in [3.8, 4) is 0 Å². The molecule has 0 saturated carbocycles. The van der Waals surface area contributed by atoms with Gasteiger partial charge in [0.2, 0.25) is 0 Å². The molecule has 0 aromatic heterocycles. The zero-order valence-electron chi connectivity index (χ0n) is 17.2. The molecule has 4 nitrogen and oxygen atoms in total. The van der Waals surface area contributed by atoms with Gasteiger partial charge in [0.25, 0.3) is 0 Å². The van der Waals surface area contributed by atoms with Gasteiger partial charge in [-0.15, -0.1) is 0 Å². The highest BCUT2D eigenvalue weighted by Crippen LogP contribution is 2.13. The number of carbonyl (C=O) groups is 1. The summed E-state index contributed by atoms with van der Waals surface area (Å²) in [6, 6.07) is 0. The molecule has 1 unspecified atom stereocenters. The van der Waals surface area contributed by atoms with Crippen LogP contribution in [0.4, 0.5) is 4.79 Å². The van der Waals surface area contributed by atoms with Crippen LogP contribution in [0.3, 0.4) is 0 Å². The van der Waals surface area contributed by atoms with Gasteiger partial charge in [-0.05, 0) is 25.7 Å². The highest BCUT2D eigenvalue weighted by molar-refractivity contribution is 5.60. The van der Waals surface area contributed by atoms with E-state index in [0.29, 0.717) is 6.61 Å². The van der Waals surface area contributed by atoms with E-state index < -0.39 is 6.16 Å². The molecule has 0 N–H and O–H groups in total. The van der Waals surface area contributed by atoms with Crippen molar-refractivity contribution in [2.45, 2.75) is 122 Å².